The maximum Gasteiger partial charge on any atom is 0.127 e. The summed E-state index contributed by atoms with van der Waals surface area (Å²) < 4.78 is 13.6. The third kappa shape index (κ3) is 2.19. The standard InChI is InChI=1S/C12H17FN2/c1-14-12(9-6-7-15-8-9)10-4-2-3-5-11(10)13/h2-5,9,12,14-15H,6-8H2,1H3. The molecule has 1 aliphatic heterocycles. The van der Waals surface area contributed by atoms with Crippen molar-refractivity contribution in [1.29, 1.82) is 0 Å². The van der Waals surface area contributed by atoms with Crippen LogP contribution in [0.3, 0.4) is 0 Å². The molecule has 3 heteroatoms. The normalized spacial score (nSPS) is 22.9. The van der Waals surface area contributed by atoms with Crippen LogP contribution in [0.4, 0.5) is 4.39 Å². The smallest absolute Gasteiger partial charge is 0.127 e. The highest BCUT2D eigenvalue weighted by Crippen LogP contribution is 2.27. The first-order valence-electron chi connectivity index (χ1n) is 5.45. The number of hydrogen-bond acceptors (Lipinski definition) is 2. The van der Waals surface area contributed by atoms with E-state index in [-0.39, 0.29) is 11.9 Å². The first kappa shape index (κ1) is 10.6. The molecule has 0 saturated carbocycles. The van der Waals surface area contributed by atoms with Crippen molar-refractivity contribution in [3.05, 3.63) is 35.6 Å². The van der Waals surface area contributed by atoms with Crippen molar-refractivity contribution in [2.24, 2.45) is 5.92 Å². The molecule has 2 unspecified atom stereocenters. The summed E-state index contributed by atoms with van der Waals surface area (Å²) >= 11 is 0. The van der Waals surface area contributed by atoms with Gasteiger partial charge in [-0.3, -0.25) is 0 Å². The van der Waals surface area contributed by atoms with Crippen molar-refractivity contribution in [1.82, 2.24) is 10.6 Å². The molecule has 0 aliphatic carbocycles. The predicted octanol–water partition coefficient (Wildman–Crippen LogP) is 1.70. The molecule has 0 spiro atoms. The summed E-state index contributed by atoms with van der Waals surface area (Å²) in [5, 5.41) is 6.54. The lowest BCUT2D eigenvalue weighted by Crippen LogP contribution is -2.27. The largest absolute Gasteiger partial charge is 0.316 e. The van der Waals surface area contributed by atoms with Gasteiger partial charge < -0.3 is 10.6 Å². The Bertz CT molecular complexity index is 321. The Balaban J connectivity index is 2.22. The molecule has 15 heavy (non-hydrogen) atoms. The lowest BCUT2D eigenvalue weighted by molar-refractivity contribution is 0.396. The van der Waals surface area contributed by atoms with E-state index in [0.29, 0.717) is 5.92 Å². The third-order valence-electron chi connectivity index (χ3n) is 3.12. The minimum atomic E-state index is -0.108. The molecule has 2 atom stereocenters. The van der Waals surface area contributed by atoms with Crippen LogP contribution in [0.15, 0.2) is 24.3 Å². The molecular weight excluding hydrogens is 191 g/mol. The van der Waals surface area contributed by atoms with E-state index in [9.17, 15) is 4.39 Å². The summed E-state index contributed by atoms with van der Waals surface area (Å²) in [4.78, 5) is 0. The van der Waals surface area contributed by atoms with Gasteiger partial charge in [-0.2, -0.15) is 0 Å². The van der Waals surface area contributed by atoms with Gasteiger partial charge >= 0.3 is 0 Å². The highest BCUT2D eigenvalue weighted by Gasteiger charge is 2.26. The van der Waals surface area contributed by atoms with E-state index in [1.807, 2.05) is 19.2 Å². The van der Waals surface area contributed by atoms with Crippen LogP contribution in [0.25, 0.3) is 0 Å². The van der Waals surface area contributed by atoms with E-state index >= 15 is 0 Å². The van der Waals surface area contributed by atoms with E-state index in [0.717, 1.165) is 25.1 Å². The van der Waals surface area contributed by atoms with Gasteiger partial charge in [0.05, 0.1) is 0 Å². The summed E-state index contributed by atoms with van der Waals surface area (Å²) in [5.74, 6) is 0.385. The van der Waals surface area contributed by atoms with Gasteiger partial charge in [0.2, 0.25) is 0 Å². The quantitative estimate of drug-likeness (QED) is 0.790. The molecular formula is C12H17FN2. The summed E-state index contributed by atoms with van der Waals surface area (Å²) in [7, 11) is 1.90. The minimum Gasteiger partial charge on any atom is -0.316 e. The van der Waals surface area contributed by atoms with E-state index in [1.165, 1.54) is 6.07 Å². The fourth-order valence-corrected chi connectivity index (χ4v) is 2.33. The molecule has 0 aromatic heterocycles. The maximum atomic E-state index is 13.6. The van der Waals surface area contributed by atoms with E-state index in [4.69, 9.17) is 0 Å². The first-order valence-corrected chi connectivity index (χ1v) is 5.45. The molecule has 0 bridgehead atoms. The minimum absolute atomic E-state index is 0.108. The van der Waals surface area contributed by atoms with Crippen molar-refractivity contribution in [3.8, 4) is 0 Å². The number of nitrogens with one attached hydrogen (secondary N) is 2. The molecule has 1 saturated heterocycles. The van der Waals surface area contributed by atoms with Crippen LogP contribution >= 0.6 is 0 Å². The van der Waals surface area contributed by atoms with Crippen molar-refractivity contribution in [3.63, 3.8) is 0 Å². The second kappa shape index (κ2) is 4.73. The van der Waals surface area contributed by atoms with Gasteiger partial charge in [-0.25, -0.2) is 4.39 Å². The monoisotopic (exact) mass is 208 g/mol. The van der Waals surface area contributed by atoms with E-state index in [2.05, 4.69) is 10.6 Å². The zero-order chi connectivity index (χ0) is 10.7. The number of halogens is 1. The van der Waals surface area contributed by atoms with Gasteiger partial charge in [-0.05, 0) is 38.5 Å². The molecule has 1 aliphatic rings. The topological polar surface area (TPSA) is 24.1 Å². The Kier molecular flexibility index (Phi) is 3.34. The number of hydrogen-bond donors (Lipinski definition) is 2. The van der Waals surface area contributed by atoms with E-state index in [1.54, 1.807) is 6.07 Å². The maximum absolute atomic E-state index is 13.6. The van der Waals surface area contributed by atoms with Crippen LogP contribution < -0.4 is 10.6 Å². The molecule has 1 heterocycles. The SMILES string of the molecule is CNC(c1ccccc1F)C1CCNC1. The van der Waals surface area contributed by atoms with Gasteiger partial charge in [0.15, 0.2) is 0 Å². The van der Waals surface area contributed by atoms with Gasteiger partial charge in [0, 0.05) is 11.6 Å². The fraction of sp³-hybridized carbons (Fsp3) is 0.500. The van der Waals surface area contributed by atoms with Crippen LogP contribution in [-0.4, -0.2) is 20.1 Å². The second-order valence-corrected chi connectivity index (χ2v) is 4.04. The van der Waals surface area contributed by atoms with Gasteiger partial charge in [-0.15, -0.1) is 0 Å². The summed E-state index contributed by atoms with van der Waals surface area (Å²) in [6, 6.07) is 7.15. The van der Waals surface area contributed by atoms with Crippen molar-refractivity contribution in [2.75, 3.05) is 20.1 Å². The first-order chi connectivity index (χ1) is 7.33. The highest BCUT2D eigenvalue weighted by atomic mass is 19.1. The summed E-state index contributed by atoms with van der Waals surface area (Å²) in [6.07, 6.45) is 1.11. The van der Waals surface area contributed by atoms with Crippen molar-refractivity contribution < 1.29 is 4.39 Å². The van der Waals surface area contributed by atoms with Crippen LogP contribution in [-0.2, 0) is 0 Å². The van der Waals surface area contributed by atoms with Crippen LogP contribution in [0.2, 0.25) is 0 Å². The Morgan fingerprint density at radius 3 is 2.87 bits per heavy atom. The van der Waals surface area contributed by atoms with E-state index < -0.39 is 0 Å². The summed E-state index contributed by atoms with van der Waals surface area (Å²) in [5.41, 5.74) is 0.786. The van der Waals surface area contributed by atoms with Crippen LogP contribution in [0.5, 0.6) is 0 Å². The molecule has 1 aromatic carbocycles. The molecule has 0 radical (unpaired) electrons. The predicted molar refractivity (Wildman–Crippen MR) is 59.2 cm³/mol. The molecule has 2 nitrogen and oxygen atoms in total. The highest BCUT2D eigenvalue weighted by molar-refractivity contribution is 5.22. The van der Waals surface area contributed by atoms with Crippen LogP contribution in [0.1, 0.15) is 18.0 Å². The lowest BCUT2D eigenvalue weighted by atomic mass is 9.92. The van der Waals surface area contributed by atoms with Gasteiger partial charge in [0.1, 0.15) is 5.82 Å². The average Bonchev–Trinajstić information content (AvgIpc) is 2.75. The Morgan fingerprint density at radius 1 is 1.47 bits per heavy atom. The fourth-order valence-electron chi connectivity index (χ4n) is 2.33. The van der Waals surface area contributed by atoms with Gasteiger partial charge in [-0.1, -0.05) is 18.2 Å². The molecule has 82 valence electrons. The number of benzene rings is 1. The molecule has 1 fully saturated rings. The summed E-state index contributed by atoms with van der Waals surface area (Å²) in [6.45, 7) is 2.01. The zero-order valence-electron chi connectivity index (χ0n) is 8.96. The average molecular weight is 208 g/mol. The second-order valence-electron chi connectivity index (χ2n) is 4.04. The van der Waals surface area contributed by atoms with Crippen molar-refractivity contribution >= 4 is 0 Å². The van der Waals surface area contributed by atoms with Gasteiger partial charge in [0.25, 0.3) is 0 Å². The molecule has 2 rings (SSSR count). The zero-order valence-corrected chi connectivity index (χ0v) is 8.96. The Morgan fingerprint density at radius 2 is 2.27 bits per heavy atom. The molecule has 1 aromatic rings. The molecule has 2 N–H and O–H groups in total. The van der Waals surface area contributed by atoms with Crippen molar-refractivity contribution in [2.45, 2.75) is 12.5 Å². The number of rotatable bonds is 3. The van der Waals surface area contributed by atoms with Crippen LogP contribution in [0, 0.1) is 11.7 Å². The Labute approximate surface area is 89.9 Å². The third-order valence-corrected chi connectivity index (χ3v) is 3.12. The lowest BCUT2D eigenvalue weighted by Gasteiger charge is -2.23. The molecule has 0 amide bonds. The Hall–Kier alpha value is -0.930.